The third-order valence-corrected chi connectivity index (χ3v) is 4.30. The zero-order valence-corrected chi connectivity index (χ0v) is 14.2. The van der Waals surface area contributed by atoms with E-state index in [1.165, 1.54) is 12.8 Å². The summed E-state index contributed by atoms with van der Waals surface area (Å²) >= 11 is 5.46. The minimum absolute atomic E-state index is 0.384. The first kappa shape index (κ1) is 16.1. The van der Waals surface area contributed by atoms with Crippen LogP contribution in [0.3, 0.4) is 0 Å². The molecule has 1 aliphatic carbocycles. The van der Waals surface area contributed by atoms with Crippen LogP contribution in [0.1, 0.15) is 40.0 Å². The van der Waals surface area contributed by atoms with Gasteiger partial charge in [0.25, 0.3) is 0 Å². The van der Waals surface area contributed by atoms with Gasteiger partial charge in [0.2, 0.25) is 0 Å². The maximum Gasteiger partial charge on any atom is 0.171 e. The molecule has 0 heterocycles. The molecule has 0 radical (unpaired) electrons. The average Bonchev–Trinajstić information content (AvgIpc) is 2.36. The molecule has 2 rings (SSSR count). The minimum Gasteiger partial charge on any atom is -0.495 e. The van der Waals surface area contributed by atoms with E-state index in [-0.39, 0.29) is 0 Å². The summed E-state index contributed by atoms with van der Waals surface area (Å²) in [7, 11) is 1.67. The normalized spacial score (nSPS) is 24.2. The lowest BCUT2D eigenvalue weighted by atomic mass is 9.71. The summed E-state index contributed by atoms with van der Waals surface area (Å²) < 4.78 is 5.34. The van der Waals surface area contributed by atoms with E-state index in [1.807, 2.05) is 24.3 Å². The van der Waals surface area contributed by atoms with Crippen molar-refractivity contribution in [2.24, 2.45) is 11.3 Å². The highest BCUT2D eigenvalue weighted by molar-refractivity contribution is 7.80. The summed E-state index contributed by atoms with van der Waals surface area (Å²) in [5.41, 5.74) is 1.29. The van der Waals surface area contributed by atoms with Crippen molar-refractivity contribution in [3.63, 3.8) is 0 Å². The molecule has 2 unspecified atom stereocenters. The molecule has 3 nitrogen and oxygen atoms in total. The van der Waals surface area contributed by atoms with Gasteiger partial charge in [0.05, 0.1) is 12.8 Å². The maximum atomic E-state index is 5.46. The Morgan fingerprint density at radius 3 is 2.67 bits per heavy atom. The molecular weight excluding hydrogens is 280 g/mol. The maximum absolute atomic E-state index is 5.46. The van der Waals surface area contributed by atoms with Crippen LogP contribution in [0.2, 0.25) is 0 Å². The topological polar surface area (TPSA) is 33.3 Å². The lowest BCUT2D eigenvalue weighted by Crippen LogP contribution is -2.44. The number of para-hydroxylation sites is 2. The number of hydrogen-bond donors (Lipinski definition) is 2. The Kier molecular flexibility index (Phi) is 5.09. The molecule has 1 aromatic rings. The Labute approximate surface area is 133 Å². The van der Waals surface area contributed by atoms with Gasteiger partial charge >= 0.3 is 0 Å². The number of rotatable bonds is 3. The van der Waals surface area contributed by atoms with Gasteiger partial charge in [-0.05, 0) is 54.9 Å². The predicted octanol–water partition coefficient (Wildman–Crippen LogP) is 4.20. The summed E-state index contributed by atoms with van der Waals surface area (Å²) in [4.78, 5) is 0. The largest absolute Gasteiger partial charge is 0.495 e. The standard InChI is InChI=1S/C17H26N2OS/c1-12-9-13(11-17(2,3)10-12)18-16(21)19-14-7-5-6-8-15(14)20-4/h5-8,12-13H,9-11H2,1-4H3,(H2,18,19,21). The highest BCUT2D eigenvalue weighted by Crippen LogP contribution is 2.38. The van der Waals surface area contributed by atoms with E-state index in [0.29, 0.717) is 16.6 Å². The molecule has 4 heteroatoms. The van der Waals surface area contributed by atoms with Crippen LogP contribution in [-0.2, 0) is 0 Å². The fraction of sp³-hybridized carbons (Fsp3) is 0.588. The fourth-order valence-electron chi connectivity index (χ4n) is 3.55. The Morgan fingerprint density at radius 2 is 2.00 bits per heavy atom. The smallest absolute Gasteiger partial charge is 0.171 e. The quantitative estimate of drug-likeness (QED) is 0.820. The van der Waals surface area contributed by atoms with Crippen molar-refractivity contribution in [2.45, 2.75) is 46.1 Å². The molecule has 1 aromatic carbocycles. The molecule has 116 valence electrons. The molecule has 2 atom stereocenters. The Balaban J connectivity index is 1.95. The first-order chi connectivity index (χ1) is 9.89. The van der Waals surface area contributed by atoms with E-state index in [1.54, 1.807) is 7.11 Å². The zero-order valence-electron chi connectivity index (χ0n) is 13.4. The van der Waals surface area contributed by atoms with Gasteiger partial charge in [-0.25, -0.2) is 0 Å². The molecule has 0 amide bonds. The van der Waals surface area contributed by atoms with Gasteiger partial charge in [-0.3, -0.25) is 0 Å². The van der Waals surface area contributed by atoms with Crippen LogP contribution in [0.4, 0.5) is 5.69 Å². The lowest BCUT2D eigenvalue weighted by molar-refractivity contribution is 0.162. The number of hydrogen-bond acceptors (Lipinski definition) is 2. The van der Waals surface area contributed by atoms with Crippen molar-refractivity contribution in [1.29, 1.82) is 0 Å². The van der Waals surface area contributed by atoms with E-state index < -0.39 is 0 Å². The van der Waals surface area contributed by atoms with Crippen LogP contribution in [0.5, 0.6) is 5.75 Å². The van der Waals surface area contributed by atoms with Gasteiger partial charge in [0.15, 0.2) is 5.11 Å². The minimum atomic E-state index is 0.384. The van der Waals surface area contributed by atoms with Crippen molar-refractivity contribution in [3.8, 4) is 5.75 Å². The Hall–Kier alpha value is -1.29. The summed E-state index contributed by atoms with van der Waals surface area (Å²) in [6.45, 7) is 7.01. The number of anilines is 1. The van der Waals surface area contributed by atoms with Crippen LogP contribution < -0.4 is 15.4 Å². The zero-order chi connectivity index (χ0) is 15.5. The summed E-state index contributed by atoms with van der Waals surface area (Å²) in [5.74, 6) is 1.54. The van der Waals surface area contributed by atoms with Gasteiger partial charge < -0.3 is 15.4 Å². The van der Waals surface area contributed by atoms with Gasteiger partial charge in [-0.1, -0.05) is 32.9 Å². The fourth-order valence-corrected chi connectivity index (χ4v) is 3.82. The molecule has 1 saturated carbocycles. The number of benzene rings is 1. The van der Waals surface area contributed by atoms with Crippen LogP contribution >= 0.6 is 12.2 Å². The Morgan fingerprint density at radius 1 is 1.29 bits per heavy atom. The van der Waals surface area contributed by atoms with Gasteiger partial charge in [0.1, 0.15) is 5.75 Å². The monoisotopic (exact) mass is 306 g/mol. The second kappa shape index (κ2) is 6.65. The van der Waals surface area contributed by atoms with Crippen LogP contribution in [0.15, 0.2) is 24.3 Å². The van der Waals surface area contributed by atoms with E-state index in [2.05, 4.69) is 31.4 Å². The first-order valence-electron chi connectivity index (χ1n) is 7.60. The molecule has 0 aliphatic heterocycles. The van der Waals surface area contributed by atoms with E-state index >= 15 is 0 Å². The predicted molar refractivity (Wildman–Crippen MR) is 92.9 cm³/mol. The molecule has 2 N–H and O–H groups in total. The van der Waals surface area contributed by atoms with Crippen molar-refractivity contribution in [2.75, 3.05) is 12.4 Å². The van der Waals surface area contributed by atoms with Crippen LogP contribution in [0.25, 0.3) is 0 Å². The number of ether oxygens (including phenoxy) is 1. The molecule has 1 fully saturated rings. The SMILES string of the molecule is COc1ccccc1NC(=S)NC1CC(C)CC(C)(C)C1. The van der Waals surface area contributed by atoms with Gasteiger partial charge in [-0.2, -0.15) is 0 Å². The second-order valence-corrected chi connectivity index (χ2v) is 7.32. The molecule has 0 spiro atoms. The van der Waals surface area contributed by atoms with E-state index in [4.69, 9.17) is 17.0 Å². The van der Waals surface area contributed by atoms with Crippen molar-refractivity contribution >= 4 is 23.0 Å². The Bertz CT molecular complexity index is 501. The summed E-state index contributed by atoms with van der Waals surface area (Å²) in [5, 5.41) is 7.39. The van der Waals surface area contributed by atoms with E-state index in [0.717, 1.165) is 23.8 Å². The van der Waals surface area contributed by atoms with Crippen molar-refractivity contribution in [1.82, 2.24) is 5.32 Å². The molecule has 0 aromatic heterocycles. The van der Waals surface area contributed by atoms with Crippen molar-refractivity contribution < 1.29 is 4.74 Å². The summed E-state index contributed by atoms with van der Waals surface area (Å²) in [6.07, 6.45) is 3.63. The van der Waals surface area contributed by atoms with Crippen molar-refractivity contribution in [3.05, 3.63) is 24.3 Å². The lowest BCUT2D eigenvalue weighted by Gasteiger charge is -2.39. The number of thiocarbonyl (C=S) groups is 1. The van der Waals surface area contributed by atoms with Crippen LogP contribution in [-0.4, -0.2) is 18.3 Å². The van der Waals surface area contributed by atoms with Crippen LogP contribution in [0, 0.1) is 11.3 Å². The molecule has 21 heavy (non-hydrogen) atoms. The molecule has 0 saturated heterocycles. The molecular formula is C17H26N2OS. The number of methoxy groups -OCH3 is 1. The summed E-state index contributed by atoms with van der Waals surface area (Å²) in [6, 6.07) is 8.26. The number of nitrogens with one attached hydrogen (secondary N) is 2. The first-order valence-corrected chi connectivity index (χ1v) is 8.01. The van der Waals surface area contributed by atoms with E-state index in [9.17, 15) is 0 Å². The third kappa shape index (κ3) is 4.60. The van der Waals surface area contributed by atoms with Gasteiger partial charge in [0, 0.05) is 6.04 Å². The molecule has 0 bridgehead atoms. The highest BCUT2D eigenvalue weighted by atomic mass is 32.1. The second-order valence-electron chi connectivity index (χ2n) is 6.91. The van der Waals surface area contributed by atoms with Gasteiger partial charge in [-0.15, -0.1) is 0 Å². The highest BCUT2D eigenvalue weighted by Gasteiger charge is 2.32. The molecule has 1 aliphatic rings. The third-order valence-electron chi connectivity index (χ3n) is 4.08. The average molecular weight is 306 g/mol.